The van der Waals surface area contributed by atoms with E-state index in [1.54, 1.807) is 7.11 Å². The molecule has 1 heterocycles. The number of ether oxygens (including phenoxy) is 1. The van der Waals surface area contributed by atoms with E-state index in [4.69, 9.17) is 14.9 Å². The zero-order valence-electron chi connectivity index (χ0n) is 28.5. The van der Waals surface area contributed by atoms with Crippen molar-refractivity contribution in [3.63, 3.8) is 0 Å². The van der Waals surface area contributed by atoms with Crippen molar-refractivity contribution in [3.8, 4) is 11.5 Å². The van der Waals surface area contributed by atoms with Gasteiger partial charge in [-0.05, 0) is 140 Å². The number of nitrogens with two attached hydrogens (primary N) is 1. The van der Waals surface area contributed by atoms with Crippen molar-refractivity contribution >= 4 is 8.32 Å². The van der Waals surface area contributed by atoms with Crippen LogP contribution in [0.25, 0.3) is 0 Å². The average Bonchev–Trinajstić information content (AvgIpc) is 3.25. The Bertz CT molecular complexity index is 1400. The molecule has 0 aromatic heterocycles. The first-order valence-electron chi connectivity index (χ1n) is 16.9. The third-order valence-corrected chi connectivity index (χ3v) is 15.0. The topological polar surface area (TPSA) is 47.7 Å². The molecule has 5 heteroatoms. The van der Waals surface area contributed by atoms with Gasteiger partial charge in [0.25, 0.3) is 0 Å². The van der Waals surface area contributed by atoms with Gasteiger partial charge in [0.2, 0.25) is 8.32 Å². The summed E-state index contributed by atoms with van der Waals surface area (Å²) in [5.74, 6) is 2.33. The van der Waals surface area contributed by atoms with Crippen LogP contribution in [0, 0.1) is 0 Å². The van der Waals surface area contributed by atoms with Crippen LogP contribution in [0.1, 0.15) is 99.1 Å². The van der Waals surface area contributed by atoms with E-state index in [1.165, 1.54) is 72.2 Å². The molecule has 3 aromatic carbocycles. The smallest absolute Gasteiger partial charge is 0.250 e. The highest BCUT2D eigenvalue weighted by Gasteiger charge is 2.39. The van der Waals surface area contributed by atoms with Gasteiger partial charge in [0.15, 0.2) is 0 Å². The summed E-state index contributed by atoms with van der Waals surface area (Å²) in [4.78, 5) is 2.61. The first-order chi connectivity index (χ1) is 20.8. The number of nitrogens with zero attached hydrogens (tertiary/aromatic N) is 1. The fraction of sp³-hybridized carbons (Fsp3) is 0.538. The number of aryl methyl sites for hydroxylation is 1. The fourth-order valence-corrected chi connectivity index (χ4v) is 7.88. The summed E-state index contributed by atoms with van der Waals surface area (Å²) in [6, 6.07) is 22.6. The number of fused-ring (bicyclic) bond motifs is 1. The maximum atomic E-state index is 7.24. The van der Waals surface area contributed by atoms with Crippen molar-refractivity contribution in [1.82, 2.24) is 4.90 Å². The van der Waals surface area contributed by atoms with E-state index >= 15 is 0 Å². The number of hydrogen-bond donors (Lipinski definition) is 1. The first kappa shape index (κ1) is 32.8. The largest absolute Gasteiger partial charge is 0.543 e. The summed E-state index contributed by atoms with van der Waals surface area (Å²) in [5.41, 5.74) is 14.8. The van der Waals surface area contributed by atoms with Crippen LogP contribution in [0.3, 0.4) is 0 Å². The Labute approximate surface area is 268 Å². The fourth-order valence-electron chi connectivity index (χ4n) is 6.86. The number of benzene rings is 3. The Morgan fingerprint density at radius 1 is 0.818 bits per heavy atom. The number of rotatable bonds is 9. The third-order valence-electron chi connectivity index (χ3n) is 10.6. The maximum Gasteiger partial charge on any atom is 0.250 e. The van der Waals surface area contributed by atoms with Crippen LogP contribution in [0.5, 0.6) is 11.5 Å². The highest BCUT2D eigenvalue weighted by molar-refractivity contribution is 6.74. The molecule has 1 aliphatic carbocycles. The second-order valence-corrected chi connectivity index (χ2v) is 20.0. The van der Waals surface area contributed by atoms with E-state index in [0.29, 0.717) is 5.92 Å². The van der Waals surface area contributed by atoms with E-state index in [2.05, 4.69) is 106 Å². The lowest BCUT2D eigenvalue weighted by molar-refractivity contribution is 0.277. The number of likely N-dealkylation sites (tertiary alicyclic amines) is 1. The molecule has 2 unspecified atom stereocenters. The molecule has 0 radical (unpaired) electrons. The zero-order valence-corrected chi connectivity index (χ0v) is 29.5. The van der Waals surface area contributed by atoms with Crippen LogP contribution >= 0.6 is 0 Å². The first-order valence-corrected chi connectivity index (χ1v) is 19.8. The molecule has 4 nitrogen and oxygen atoms in total. The monoisotopic (exact) mass is 612 g/mol. The van der Waals surface area contributed by atoms with Gasteiger partial charge >= 0.3 is 0 Å². The van der Waals surface area contributed by atoms with E-state index < -0.39 is 13.9 Å². The Morgan fingerprint density at radius 3 is 2.14 bits per heavy atom. The predicted octanol–water partition coefficient (Wildman–Crippen LogP) is 9.14. The highest BCUT2D eigenvalue weighted by atomic mass is 28.4. The second-order valence-electron chi connectivity index (χ2n) is 15.3. The van der Waals surface area contributed by atoms with Crippen molar-refractivity contribution < 1.29 is 9.16 Å². The lowest BCUT2D eigenvalue weighted by Gasteiger charge is -2.37. The van der Waals surface area contributed by atoms with Crippen LogP contribution < -0.4 is 14.9 Å². The lowest BCUT2D eigenvalue weighted by atomic mass is 9.74. The molecular formula is C39H56N2O2Si. The van der Waals surface area contributed by atoms with Gasteiger partial charge in [0, 0.05) is 12.1 Å². The van der Waals surface area contributed by atoms with Crippen LogP contribution in [-0.2, 0) is 31.3 Å². The van der Waals surface area contributed by atoms with Gasteiger partial charge in [-0.2, -0.15) is 0 Å². The summed E-state index contributed by atoms with van der Waals surface area (Å²) in [6.07, 6.45) is 9.37. The Morgan fingerprint density at radius 2 is 1.48 bits per heavy atom. The molecule has 0 spiro atoms. The molecule has 0 saturated carbocycles. The summed E-state index contributed by atoms with van der Waals surface area (Å²) >= 11 is 0. The molecule has 1 fully saturated rings. The number of methoxy groups -OCH3 is 1. The SMILES string of the molecule is COc1ccc(C2CCc3cc(O[Si](C)(C)C(C)(C)C)ccc3C2)c(C(C)(N)Cc2ccc(CN3CCCCCC3)cc2)c1. The Balaban J connectivity index is 1.32. The summed E-state index contributed by atoms with van der Waals surface area (Å²) in [5, 5.41) is 0.183. The molecule has 5 rings (SSSR count). The predicted molar refractivity (Wildman–Crippen MR) is 187 cm³/mol. The van der Waals surface area contributed by atoms with Crippen LogP contribution in [0.2, 0.25) is 18.1 Å². The Kier molecular flexibility index (Phi) is 9.99. The van der Waals surface area contributed by atoms with E-state index in [1.807, 2.05) is 0 Å². The molecule has 44 heavy (non-hydrogen) atoms. The van der Waals surface area contributed by atoms with Gasteiger partial charge in [-0.15, -0.1) is 0 Å². The van der Waals surface area contributed by atoms with Crippen LogP contribution in [0.15, 0.2) is 60.7 Å². The molecule has 238 valence electrons. The molecule has 2 aliphatic rings. The molecule has 1 aliphatic heterocycles. The van der Waals surface area contributed by atoms with Gasteiger partial charge in [0.05, 0.1) is 7.11 Å². The Hall–Kier alpha value is -2.60. The van der Waals surface area contributed by atoms with E-state index in [9.17, 15) is 0 Å². The lowest BCUT2D eigenvalue weighted by Crippen LogP contribution is -2.43. The van der Waals surface area contributed by atoms with Crippen LogP contribution in [-0.4, -0.2) is 33.4 Å². The third kappa shape index (κ3) is 7.78. The minimum atomic E-state index is -1.87. The highest BCUT2D eigenvalue weighted by Crippen LogP contribution is 2.42. The van der Waals surface area contributed by atoms with Gasteiger partial charge in [-0.25, -0.2) is 0 Å². The molecule has 0 bridgehead atoms. The molecule has 2 atom stereocenters. The van der Waals surface area contributed by atoms with Gasteiger partial charge in [-0.3, -0.25) is 4.90 Å². The molecule has 1 saturated heterocycles. The minimum Gasteiger partial charge on any atom is -0.543 e. The number of hydrogen-bond acceptors (Lipinski definition) is 4. The van der Waals surface area contributed by atoms with Crippen molar-refractivity contribution in [2.45, 2.75) is 115 Å². The van der Waals surface area contributed by atoms with E-state index in [-0.39, 0.29) is 5.04 Å². The maximum absolute atomic E-state index is 7.24. The normalized spacial score (nSPS) is 19.5. The van der Waals surface area contributed by atoms with Gasteiger partial charge in [-0.1, -0.05) is 70.0 Å². The molecule has 3 aromatic rings. The van der Waals surface area contributed by atoms with Crippen LogP contribution in [0.4, 0.5) is 0 Å². The van der Waals surface area contributed by atoms with E-state index in [0.717, 1.165) is 43.7 Å². The van der Waals surface area contributed by atoms with Crippen molar-refractivity contribution in [1.29, 1.82) is 0 Å². The quantitative estimate of drug-likeness (QED) is 0.245. The molecule has 0 amide bonds. The second kappa shape index (κ2) is 13.4. The minimum absolute atomic E-state index is 0.183. The summed E-state index contributed by atoms with van der Waals surface area (Å²) < 4.78 is 12.3. The molecular weight excluding hydrogens is 557 g/mol. The standard InChI is InChI=1S/C39H56N2O2Si/c1-38(2,3)44(6,7)43-35-19-18-31-24-33(17-16-32(31)25-35)36-21-20-34(42-5)26-37(36)39(4,40)27-29-12-14-30(15-13-29)28-41-22-10-8-9-11-23-41/h12-15,18-21,25-26,33H,8-11,16-17,22-24,27-28,40H2,1-7H3. The van der Waals surface area contributed by atoms with Crippen molar-refractivity contribution in [2.75, 3.05) is 20.2 Å². The van der Waals surface area contributed by atoms with Gasteiger partial charge in [0.1, 0.15) is 11.5 Å². The van der Waals surface area contributed by atoms with Gasteiger partial charge < -0.3 is 14.9 Å². The van der Waals surface area contributed by atoms with Crippen molar-refractivity contribution in [2.24, 2.45) is 5.73 Å². The zero-order chi connectivity index (χ0) is 31.5. The van der Waals surface area contributed by atoms with Crippen molar-refractivity contribution in [3.05, 3.63) is 94.0 Å². The summed E-state index contributed by atoms with van der Waals surface area (Å²) in [7, 11) is -0.124. The molecule has 2 N–H and O–H groups in total. The average molecular weight is 613 g/mol. The summed E-state index contributed by atoms with van der Waals surface area (Å²) in [6.45, 7) is 17.2.